The zero-order valence-corrected chi connectivity index (χ0v) is 19.4. The SMILES string of the molecule is O=C(O)C(CCOC(=C1C2CC3CC(C2)CC1C3)c1cccc(Oc2ccc[pH]2)c1)C(=O)O. The molecule has 0 spiro atoms. The Morgan fingerprint density at radius 3 is 2.27 bits per heavy atom. The van der Waals surface area contributed by atoms with Gasteiger partial charge in [0.1, 0.15) is 17.0 Å². The number of ether oxygens (including phenoxy) is 2. The van der Waals surface area contributed by atoms with Gasteiger partial charge in [0.2, 0.25) is 0 Å². The summed E-state index contributed by atoms with van der Waals surface area (Å²) in [6.07, 6.45) is 6.05. The van der Waals surface area contributed by atoms with Gasteiger partial charge in [-0.25, -0.2) is 0 Å². The van der Waals surface area contributed by atoms with Crippen LogP contribution in [0, 0.1) is 29.6 Å². The maximum absolute atomic E-state index is 11.3. The van der Waals surface area contributed by atoms with Gasteiger partial charge in [0.25, 0.3) is 0 Å². The maximum atomic E-state index is 11.3. The van der Waals surface area contributed by atoms with Crippen molar-refractivity contribution in [3.8, 4) is 11.2 Å². The molecule has 4 aliphatic carbocycles. The van der Waals surface area contributed by atoms with Crippen LogP contribution in [0.15, 0.2) is 47.8 Å². The van der Waals surface area contributed by atoms with Crippen LogP contribution in [0.5, 0.6) is 11.2 Å². The molecular weight excluding hydrogens is 439 g/mol. The molecule has 1 aromatic heterocycles. The predicted molar refractivity (Wildman–Crippen MR) is 126 cm³/mol. The van der Waals surface area contributed by atoms with Gasteiger partial charge in [-0.05, 0) is 85.3 Å². The van der Waals surface area contributed by atoms with E-state index in [1.165, 1.54) is 37.7 Å². The normalized spacial score (nSPS) is 25.5. The first-order chi connectivity index (χ1) is 16.0. The van der Waals surface area contributed by atoms with Gasteiger partial charge < -0.3 is 19.7 Å². The molecule has 4 bridgehead atoms. The minimum atomic E-state index is -1.47. The second-order valence-corrected chi connectivity index (χ2v) is 10.7. The van der Waals surface area contributed by atoms with Gasteiger partial charge in [-0.1, -0.05) is 26.4 Å². The summed E-state index contributed by atoms with van der Waals surface area (Å²) in [7, 11) is 0.520. The molecule has 2 aromatic rings. The van der Waals surface area contributed by atoms with E-state index in [-0.39, 0.29) is 13.0 Å². The van der Waals surface area contributed by atoms with Crippen molar-refractivity contribution in [3.05, 3.63) is 53.3 Å². The molecule has 4 aliphatic rings. The van der Waals surface area contributed by atoms with Crippen molar-refractivity contribution >= 4 is 25.9 Å². The van der Waals surface area contributed by atoms with Gasteiger partial charge in [0.15, 0.2) is 5.92 Å². The van der Waals surface area contributed by atoms with E-state index in [9.17, 15) is 19.8 Å². The topological polar surface area (TPSA) is 93.1 Å². The van der Waals surface area contributed by atoms with Crippen LogP contribution in [0.25, 0.3) is 5.76 Å². The highest BCUT2D eigenvalue weighted by Gasteiger charge is 2.46. The molecule has 33 heavy (non-hydrogen) atoms. The molecule has 4 fully saturated rings. The van der Waals surface area contributed by atoms with Crippen LogP contribution in [0.4, 0.5) is 0 Å². The molecule has 0 radical (unpaired) electrons. The van der Waals surface area contributed by atoms with Crippen molar-refractivity contribution in [2.45, 2.75) is 38.5 Å². The fraction of sp³-hybridized carbons (Fsp3) is 0.462. The first-order valence-electron chi connectivity index (χ1n) is 11.7. The fourth-order valence-electron chi connectivity index (χ4n) is 6.23. The Labute approximate surface area is 194 Å². The molecule has 6 nitrogen and oxygen atoms in total. The van der Waals surface area contributed by atoms with Crippen LogP contribution < -0.4 is 4.74 Å². The average Bonchev–Trinajstić information content (AvgIpc) is 3.27. The molecule has 6 rings (SSSR count). The van der Waals surface area contributed by atoms with E-state index in [4.69, 9.17) is 9.47 Å². The molecule has 4 saturated carbocycles. The number of benzene rings is 1. The Hall–Kier alpha value is -2.72. The lowest BCUT2D eigenvalue weighted by Crippen LogP contribution is -2.41. The molecule has 1 unspecified atom stereocenters. The lowest BCUT2D eigenvalue weighted by atomic mass is 9.54. The molecule has 1 aromatic carbocycles. The summed E-state index contributed by atoms with van der Waals surface area (Å²) in [6.45, 7) is 0.0515. The Balaban J connectivity index is 1.45. The zero-order chi connectivity index (χ0) is 22.9. The number of aliphatic carboxylic acids is 2. The summed E-state index contributed by atoms with van der Waals surface area (Å²) in [5, 5.41) is 18.5. The maximum Gasteiger partial charge on any atom is 0.318 e. The number of hydrogen-bond acceptors (Lipinski definition) is 4. The van der Waals surface area contributed by atoms with Crippen LogP contribution in [0.2, 0.25) is 0 Å². The van der Waals surface area contributed by atoms with E-state index < -0.39 is 17.9 Å². The number of carboxylic acids is 2. The highest BCUT2D eigenvalue weighted by molar-refractivity contribution is 7.31. The minimum absolute atomic E-state index is 0.0515. The lowest BCUT2D eigenvalue weighted by Gasteiger charge is -2.51. The third-order valence-corrected chi connectivity index (χ3v) is 8.33. The zero-order valence-electron chi connectivity index (χ0n) is 18.4. The van der Waals surface area contributed by atoms with E-state index in [0.29, 0.717) is 20.0 Å². The van der Waals surface area contributed by atoms with Crippen LogP contribution in [0.3, 0.4) is 0 Å². The second-order valence-electron chi connectivity index (χ2n) is 9.62. The standard InChI is InChI=1S/C26H29O6P/c27-25(28)21(26(29)30)6-7-31-24(23-18-10-15-9-16(12-18)13-19(23)11-15)17-3-1-4-20(14-17)32-22-5-2-8-33-22/h1-5,8,14-16,18-19,21,33H,6-7,9-13H2,(H,27,28)(H,29,30). The summed E-state index contributed by atoms with van der Waals surface area (Å²) >= 11 is 0. The summed E-state index contributed by atoms with van der Waals surface area (Å²) in [4.78, 5) is 22.6. The number of rotatable bonds is 9. The Morgan fingerprint density at radius 2 is 1.67 bits per heavy atom. The van der Waals surface area contributed by atoms with E-state index in [1.807, 2.05) is 36.4 Å². The average molecular weight is 468 g/mol. The lowest BCUT2D eigenvalue weighted by molar-refractivity contribution is -0.155. The molecule has 174 valence electrons. The molecule has 0 amide bonds. The quantitative estimate of drug-likeness (QED) is 0.353. The number of carboxylic acid groups (broad SMARTS) is 2. The molecule has 1 heterocycles. The largest absolute Gasteiger partial charge is 0.493 e. The van der Waals surface area contributed by atoms with E-state index in [2.05, 4.69) is 5.80 Å². The third kappa shape index (κ3) is 4.67. The molecular formula is C26H29O6P. The van der Waals surface area contributed by atoms with E-state index in [1.54, 1.807) is 0 Å². The molecule has 0 saturated heterocycles. The van der Waals surface area contributed by atoms with Crippen molar-refractivity contribution in [2.24, 2.45) is 29.6 Å². The highest BCUT2D eigenvalue weighted by Crippen LogP contribution is 2.58. The van der Waals surface area contributed by atoms with Gasteiger partial charge in [-0.15, -0.1) is 0 Å². The first kappa shape index (κ1) is 22.1. The van der Waals surface area contributed by atoms with Gasteiger partial charge >= 0.3 is 11.9 Å². The van der Waals surface area contributed by atoms with Gasteiger partial charge in [-0.2, -0.15) is 0 Å². The van der Waals surface area contributed by atoms with Crippen molar-refractivity contribution in [1.29, 1.82) is 0 Å². The van der Waals surface area contributed by atoms with E-state index in [0.717, 1.165) is 34.4 Å². The summed E-state index contributed by atoms with van der Waals surface area (Å²) in [5.74, 6) is 2.11. The number of allylic oxidation sites excluding steroid dienone is 1. The Kier molecular flexibility index (Phi) is 6.20. The smallest absolute Gasteiger partial charge is 0.318 e. The van der Waals surface area contributed by atoms with Crippen LogP contribution in [-0.4, -0.2) is 28.8 Å². The highest BCUT2D eigenvalue weighted by atomic mass is 31.0. The Morgan fingerprint density at radius 1 is 0.970 bits per heavy atom. The minimum Gasteiger partial charge on any atom is -0.493 e. The fourth-order valence-corrected chi connectivity index (χ4v) is 6.96. The van der Waals surface area contributed by atoms with Crippen molar-refractivity contribution < 1.29 is 29.3 Å². The Bertz CT molecular complexity index is 1010. The molecule has 2 N–H and O–H groups in total. The van der Waals surface area contributed by atoms with Gasteiger partial charge in [-0.3, -0.25) is 9.59 Å². The monoisotopic (exact) mass is 468 g/mol. The van der Waals surface area contributed by atoms with Gasteiger partial charge in [0.05, 0.1) is 6.61 Å². The summed E-state index contributed by atoms with van der Waals surface area (Å²) in [6, 6.07) is 11.8. The predicted octanol–water partition coefficient (Wildman–Crippen LogP) is 5.87. The van der Waals surface area contributed by atoms with Crippen molar-refractivity contribution in [2.75, 3.05) is 6.61 Å². The summed E-state index contributed by atoms with van der Waals surface area (Å²) < 4.78 is 12.3. The molecule has 7 heteroatoms. The third-order valence-electron chi connectivity index (χ3n) is 7.42. The summed E-state index contributed by atoms with van der Waals surface area (Å²) in [5.41, 5.74) is 3.19. The van der Waals surface area contributed by atoms with E-state index >= 15 is 0 Å². The second kappa shape index (κ2) is 9.26. The first-order valence-corrected chi connectivity index (χ1v) is 12.8. The van der Waals surface area contributed by atoms with Crippen LogP contribution >= 0.6 is 8.19 Å². The van der Waals surface area contributed by atoms with Crippen molar-refractivity contribution in [1.82, 2.24) is 0 Å². The molecule has 1 atom stereocenters. The van der Waals surface area contributed by atoms with Crippen LogP contribution in [-0.2, 0) is 14.3 Å². The van der Waals surface area contributed by atoms with Crippen LogP contribution in [0.1, 0.15) is 44.1 Å². The van der Waals surface area contributed by atoms with Crippen molar-refractivity contribution in [3.63, 3.8) is 0 Å². The molecule has 0 aliphatic heterocycles. The number of carbonyl (C=O) groups is 2. The number of hydrogen-bond donors (Lipinski definition) is 2. The van der Waals surface area contributed by atoms with Gasteiger partial charge in [0, 0.05) is 12.0 Å².